The van der Waals surface area contributed by atoms with Gasteiger partial charge in [-0.3, -0.25) is 0 Å². The van der Waals surface area contributed by atoms with Crippen LogP contribution >= 0.6 is 0 Å². The van der Waals surface area contributed by atoms with Crippen LogP contribution in [-0.4, -0.2) is 22.4 Å². The van der Waals surface area contributed by atoms with Crippen molar-refractivity contribution in [3.63, 3.8) is 0 Å². The van der Waals surface area contributed by atoms with Crippen molar-refractivity contribution < 1.29 is 10.2 Å². The Morgan fingerprint density at radius 1 is 1.14 bits per heavy atom. The molecule has 3 aliphatic carbocycles. The van der Waals surface area contributed by atoms with Crippen LogP contribution in [0.3, 0.4) is 0 Å². The molecule has 0 aromatic rings. The summed E-state index contributed by atoms with van der Waals surface area (Å²) in [6.07, 6.45) is 6.51. The molecule has 124 valence electrons. The lowest BCUT2D eigenvalue weighted by Gasteiger charge is -2.47. The highest BCUT2D eigenvalue weighted by Gasteiger charge is 2.56. The first-order valence-electron chi connectivity index (χ1n) is 9.09. The summed E-state index contributed by atoms with van der Waals surface area (Å²) < 4.78 is 0. The van der Waals surface area contributed by atoms with Crippen LogP contribution in [0.5, 0.6) is 0 Å². The van der Waals surface area contributed by atoms with Crippen LogP contribution in [0.2, 0.25) is 0 Å². The predicted molar refractivity (Wildman–Crippen MR) is 90.4 cm³/mol. The molecule has 0 spiro atoms. The van der Waals surface area contributed by atoms with Gasteiger partial charge in [0.25, 0.3) is 0 Å². The summed E-state index contributed by atoms with van der Waals surface area (Å²) in [6, 6.07) is 0. The van der Waals surface area contributed by atoms with Crippen molar-refractivity contribution in [3.05, 3.63) is 23.3 Å². The fraction of sp³-hybridized carbons (Fsp3) is 0.800. The lowest BCUT2D eigenvalue weighted by molar-refractivity contribution is -0.0700. The summed E-state index contributed by atoms with van der Waals surface area (Å²) in [5, 5.41) is 21.6. The Balaban J connectivity index is 2.05. The van der Waals surface area contributed by atoms with Crippen LogP contribution in [-0.2, 0) is 0 Å². The maximum Gasteiger partial charge on any atom is 0.102 e. The van der Waals surface area contributed by atoms with Crippen molar-refractivity contribution in [3.8, 4) is 0 Å². The van der Waals surface area contributed by atoms with Crippen molar-refractivity contribution >= 4 is 0 Å². The van der Waals surface area contributed by atoms with E-state index in [1.165, 1.54) is 24.0 Å². The second-order valence-corrected chi connectivity index (χ2v) is 8.42. The molecule has 3 aliphatic rings. The van der Waals surface area contributed by atoms with Gasteiger partial charge < -0.3 is 10.2 Å². The molecule has 2 nitrogen and oxygen atoms in total. The van der Waals surface area contributed by atoms with Gasteiger partial charge in [-0.15, -0.1) is 0 Å². The summed E-state index contributed by atoms with van der Waals surface area (Å²) in [5.74, 6) is 1.56. The van der Waals surface area contributed by atoms with Gasteiger partial charge in [0.15, 0.2) is 0 Å². The van der Waals surface area contributed by atoms with E-state index in [4.69, 9.17) is 0 Å². The number of hydrogen-bond acceptors (Lipinski definition) is 2. The first-order valence-corrected chi connectivity index (χ1v) is 9.09. The van der Waals surface area contributed by atoms with Gasteiger partial charge >= 0.3 is 0 Å². The van der Waals surface area contributed by atoms with Crippen molar-refractivity contribution in [1.29, 1.82) is 0 Å². The van der Waals surface area contributed by atoms with Crippen molar-refractivity contribution in [2.45, 2.75) is 77.9 Å². The number of aliphatic hydroxyl groups is 2. The Kier molecular flexibility index (Phi) is 4.28. The second-order valence-electron chi connectivity index (χ2n) is 8.42. The first-order chi connectivity index (χ1) is 10.4. The third-order valence-corrected chi connectivity index (χ3v) is 7.04. The molecule has 0 amide bonds. The van der Waals surface area contributed by atoms with E-state index >= 15 is 0 Å². The van der Waals surface area contributed by atoms with Crippen LogP contribution in [0, 0.1) is 23.2 Å². The summed E-state index contributed by atoms with van der Waals surface area (Å²) >= 11 is 0. The lowest BCUT2D eigenvalue weighted by atomic mass is 9.61. The van der Waals surface area contributed by atoms with Gasteiger partial charge in [0, 0.05) is 5.41 Å². The number of aliphatic hydroxyl groups excluding tert-OH is 2. The van der Waals surface area contributed by atoms with Crippen molar-refractivity contribution in [2.24, 2.45) is 23.2 Å². The zero-order chi connectivity index (χ0) is 16.1. The fourth-order valence-corrected chi connectivity index (χ4v) is 5.55. The van der Waals surface area contributed by atoms with E-state index in [-0.39, 0.29) is 5.41 Å². The van der Waals surface area contributed by atoms with E-state index in [1.54, 1.807) is 0 Å². The average Bonchev–Trinajstić information content (AvgIpc) is 2.83. The minimum Gasteiger partial charge on any atom is -0.389 e. The van der Waals surface area contributed by atoms with Crippen molar-refractivity contribution in [1.82, 2.24) is 0 Å². The largest absolute Gasteiger partial charge is 0.389 e. The molecule has 1 fully saturated rings. The molecular formula is C20H32O2. The molecule has 2 heteroatoms. The van der Waals surface area contributed by atoms with Gasteiger partial charge in [0.05, 0.1) is 6.10 Å². The first kappa shape index (κ1) is 16.3. The molecule has 0 unspecified atom stereocenters. The van der Waals surface area contributed by atoms with E-state index in [2.05, 4.69) is 27.4 Å². The third kappa shape index (κ3) is 2.39. The Bertz CT molecular complexity index is 492. The Morgan fingerprint density at radius 2 is 1.86 bits per heavy atom. The van der Waals surface area contributed by atoms with Gasteiger partial charge in [-0.25, -0.2) is 0 Å². The molecule has 1 saturated carbocycles. The number of hydrogen-bond donors (Lipinski definition) is 2. The normalized spacial score (nSPS) is 46.6. The molecule has 0 aromatic carbocycles. The van der Waals surface area contributed by atoms with Gasteiger partial charge in [-0.1, -0.05) is 38.0 Å². The van der Waals surface area contributed by atoms with Crippen LogP contribution in [0.15, 0.2) is 23.3 Å². The smallest absolute Gasteiger partial charge is 0.102 e. The van der Waals surface area contributed by atoms with E-state index < -0.39 is 12.2 Å². The van der Waals surface area contributed by atoms with Gasteiger partial charge in [0.1, 0.15) is 6.10 Å². The standard InChI is InChI=1S/C20H32O2/c1-12-6-5-7-13(2)15-10-11-20(4)17(15)14(3)16(9-8-12)18(21)19(20)22/h12,15,17-19,21-22H,2,5-11H2,1,3-4H3/t12-,15+,17+,18+,19-,20-/m0/s1. The molecule has 0 heterocycles. The summed E-state index contributed by atoms with van der Waals surface area (Å²) in [5.41, 5.74) is 3.69. The minimum absolute atomic E-state index is 0.180. The van der Waals surface area contributed by atoms with Crippen molar-refractivity contribution in [2.75, 3.05) is 0 Å². The molecule has 2 bridgehead atoms. The summed E-state index contributed by atoms with van der Waals surface area (Å²) in [7, 11) is 0. The zero-order valence-corrected chi connectivity index (χ0v) is 14.4. The maximum absolute atomic E-state index is 10.8. The van der Waals surface area contributed by atoms with Gasteiger partial charge in [0.2, 0.25) is 0 Å². The number of allylic oxidation sites excluding steroid dienone is 2. The van der Waals surface area contributed by atoms with Gasteiger partial charge in [-0.2, -0.15) is 0 Å². The minimum atomic E-state index is -0.666. The molecular weight excluding hydrogens is 272 g/mol. The molecule has 0 saturated heterocycles. The highest BCUT2D eigenvalue weighted by atomic mass is 16.3. The molecule has 3 rings (SSSR count). The summed E-state index contributed by atoms with van der Waals surface area (Å²) in [6.45, 7) is 11.1. The Hall–Kier alpha value is -0.600. The average molecular weight is 304 g/mol. The Labute approximate surface area is 135 Å². The highest BCUT2D eigenvalue weighted by Crippen LogP contribution is 2.59. The molecule has 22 heavy (non-hydrogen) atoms. The molecule has 2 N–H and O–H groups in total. The van der Waals surface area contributed by atoms with E-state index in [0.29, 0.717) is 17.8 Å². The van der Waals surface area contributed by atoms with Gasteiger partial charge in [-0.05, 0) is 68.8 Å². The molecule has 6 atom stereocenters. The molecule has 0 radical (unpaired) electrons. The van der Waals surface area contributed by atoms with E-state index in [9.17, 15) is 10.2 Å². The third-order valence-electron chi connectivity index (χ3n) is 7.04. The Morgan fingerprint density at radius 3 is 2.59 bits per heavy atom. The predicted octanol–water partition coefficient (Wildman–Crippen LogP) is 4.23. The number of rotatable bonds is 0. The second kappa shape index (κ2) is 5.79. The van der Waals surface area contributed by atoms with Crippen LogP contribution < -0.4 is 0 Å². The quantitative estimate of drug-likeness (QED) is 0.658. The monoisotopic (exact) mass is 304 g/mol. The highest BCUT2D eigenvalue weighted by molar-refractivity contribution is 5.33. The zero-order valence-electron chi connectivity index (χ0n) is 14.4. The van der Waals surface area contributed by atoms with E-state index in [0.717, 1.165) is 37.7 Å². The summed E-state index contributed by atoms with van der Waals surface area (Å²) in [4.78, 5) is 0. The lowest BCUT2D eigenvalue weighted by Crippen LogP contribution is -2.50. The topological polar surface area (TPSA) is 40.5 Å². The molecule has 0 aliphatic heterocycles. The van der Waals surface area contributed by atoms with Crippen LogP contribution in [0.1, 0.15) is 65.7 Å². The maximum atomic E-state index is 10.8. The van der Waals surface area contributed by atoms with E-state index in [1.807, 2.05) is 0 Å². The van der Waals surface area contributed by atoms with Crippen LogP contribution in [0.25, 0.3) is 0 Å². The molecule has 0 aromatic heterocycles. The SMILES string of the molecule is C=C1CCC[C@H](C)CCC2=C(C)[C@@H]3[C@@H]1CC[C@]3(C)[C@@H](O)[C@@H]2O. The van der Waals surface area contributed by atoms with Crippen LogP contribution in [0.4, 0.5) is 0 Å². The fourth-order valence-electron chi connectivity index (χ4n) is 5.55.